The largest absolute Gasteiger partial charge is 0.323 e. The standard InChI is InChI=1S/C24H26N2O3S2/c1-4-30-23-13-9-8-12-22(23)25-24(27)17-26(20-15-18(2)14-19(3)16-20)31(28,29)21-10-6-5-7-11-21/h5-16H,4,17H2,1-3H3,(H,25,27). The summed E-state index contributed by atoms with van der Waals surface area (Å²) < 4.78 is 28.1. The minimum absolute atomic E-state index is 0.142. The van der Waals surface area contributed by atoms with E-state index >= 15 is 0 Å². The lowest BCUT2D eigenvalue weighted by Crippen LogP contribution is -2.38. The van der Waals surface area contributed by atoms with Crippen molar-refractivity contribution in [3.05, 3.63) is 83.9 Å². The van der Waals surface area contributed by atoms with Crippen LogP contribution in [0.1, 0.15) is 18.1 Å². The predicted octanol–water partition coefficient (Wildman–Crippen LogP) is 5.25. The zero-order chi connectivity index (χ0) is 22.4. The molecule has 0 spiro atoms. The van der Waals surface area contributed by atoms with Crippen LogP contribution in [0.5, 0.6) is 0 Å². The second kappa shape index (κ2) is 10.0. The third kappa shape index (κ3) is 5.68. The average molecular weight is 455 g/mol. The van der Waals surface area contributed by atoms with Crippen molar-refractivity contribution in [2.45, 2.75) is 30.6 Å². The maximum absolute atomic E-state index is 13.5. The minimum Gasteiger partial charge on any atom is -0.323 e. The lowest BCUT2D eigenvalue weighted by atomic mass is 10.1. The second-order valence-corrected chi connectivity index (χ2v) is 10.3. The number of rotatable bonds is 8. The molecule has 7 heteroatoms. The zero-order valence-electron chi connectivity index (χ0n) is 17.8. The second-order valence-electron chi connectivity index (χ2n) is 7.15. The molecular formula is C24H26N2O3S2. The van der Waals surface area contributed by atoms with Crippen LogP contribution in [0.15, 0.2) is 82.6 Å². The number of carbonyl (C=O) groups excluding carboxylic acids is 1. The van der Waals surface area contributed by atoms with E-state index in [0.29, 0.717) is 11.4 Å². The molecule has 1 amide bonds. The quantitative estimate of drug-likeness (QED) is 0.472. The molecule has 0 aliphatic heterocycles. The maximum atomic E-state index is 13.5. The SMILES string of the molecule is CCSc1ccccc1NC(=O)CN(c1cc(C)cc(C)c1)S(=O)(=O)c1ccccc1. The number of aryl methyl sites for hydroxylation is 2. The van der Waals surface area contributed by atoms with Gasteiger partial charge in [0.05, 0.1) is 16.3 Å². The molecule has 5 nitrogen and oxygen atoms in total. The normalized spacial score (nSPS) is 11.2. The fraction of sp³-hybridized carbons (Fsp3) is 0.208. The van der Waals surface area contributed by atoms with E-state index in [4.69, 9.17) is 0 Å². The van der Waals surface area contributed by atoms with Gasteiger partial charge in [-0.2, -0.15) is 0 Å². The number of sulfonamides is 1. The number of hydrogen-bond donors (Lipinski definition) is 1. The summed E-state index contributed by atoms with van der Waals surface area (Å²) in [7, 11) is -3.93. The van der Waals surface area contributed by atoms with Crippen LogP contribution in [0, 0.1) is 13.8 Å². The molecule has 0 aliphatic rings. The Morgan fingerprint density at radius 2 is 1.55 bits per heavy atom. The number of amides is 1. The fourth-order valence-electron chi connectivity index (χ4n) is 3.30. The summed E-state index contributed by atoms with van der Waals surface area (Å²) in [6.45, 7) is 5.52. The molecule has 0 heterocycles. The van der Waals surface area contributed by atoms with Gasteiger partial charge in [0.2, 0.25) is 5.91 Å². The average Bonchev–Trinajstić information content (AvgIpc) is 2.73. The van der Waals surface area contributed by atoms with Crippen LogP contribution in [0.2, 0.25) is 0 Å². The summed E-state index contributed by atoms with van der Waals surface area (Å²) >= 11 is 1.62. The first kappa shape index (κ1) is 22.9. The third-order valence-electron chi connectivity index (χ3n) is 4.57. The van der Waals surface area contributed by atoms with E-state index in [1.165, 1.54) is 16.4 Å². The highest BCUT2D eigenvalue weighted by molar-refractivity contribution is 7.99. The Hall–Kier alpha value is -2.77. The van der Waals surface area contributed by atoms with E-state index < -0.39 is 15.9 Å². The summed E-state index contributed by atoms with van der Waals surface area (Å²) in [6.07, 6.45) is 0. The molecule has 3 rings (SSSR count). The number of nitrogens with one attached hydrogen (secondary N) is 1. The van der Waals surface area contributed by atoms with Gasteiger partial charge in [-0.15, -0.1) is 11.8 Å². The molecule has 31 heavy (non-hydrogen) atoms. The van der Waals surface area contributed by atoms with Gasteiger partial charge in [-0.1, -0.05) is 43.3 Å². The van der Waals surface area contributed by atoms with Gasteiger partial charge in [0, 0.05) is 4.90 Å². The monoisotopic (exact) mass is 454 g/mol. The smallest absolute Gasteiger partial charge is 0.264 e. The van der Waals surface area contributed by atoms with Crippen molar-refractivity contribution < 1.29 is 13.2 Å². The predicted molar refractivity (Wildman–Crippen MR) is 128 cm³/mol. The van der Waals surface area contributed by atoms with Crippen molar-refractivity contribution in [1.29, 1.82) is 0 Å². The van der Waals surface area contributed by atoms with Crippen LogP contribution in [-0.2, 0) is 14.8 Å². The van der Waals surface area contributed by atoms with Crippen molar-refractivity contribution in [1.82, 2.24) is 0 Å². The fourth-order valence-corrected chi connectivity index (χ4v) is 5.49. The highest BCUT2D eigenvalue weighted by atomic mass is 32.2. The topological polar surface area (TPSA) is 66.5 Å². The van der Waals surface area contributed by atoms with E-state index in [9.17, 15) is 13.2 Å². The van der Waals surface area contributed by atoms with Crippen LogP contribution in [0.25, 0.3) is 0 Å². The van der Waals surface area contributed by atoms with Gasteiger partial charge < -0.3 is 5.32 Å². The first-order valence-corrected chi connectivity index (χ1v) is 12.4. The molecular weight excluding hydrogens is 428 g/mol. The molecule has 162 valence electrons. The number of anilines is 2. The van der Waals surface area contributed by atoms with Gasteiger partial charge in [0.25, 0.3) is 10.0 Å². The third-order valence-corrected chi connectivity index (χ3v) is 7.32. The van der Waals surface area contributed by atoms with Crippen LogP contribution in [0.4, 0.5) is 11.4 Å². The van der Waals surface area contributed by atoms with Crippen LogP contribution < -0.4 is 9.62 Å². The molecule has 0 atom stereocenters. The summed E-state index contributed by atoms with van der Waals surface area (Å²) in [5.41, 5.74) is 2.99. The number of nitrogens with zero attached hydrogens (tertiary/aromatic N) is 1. The van der Waals surface area contributed by atoms with Crippen molar-refractivity contribution in [3.63, 3.8) is 0 Å². The molecule has 0 saturated carbocycles. The Kier molecular flexibility index (Phi) is 7.41. The van der Waals surface area contributed by atoms with Gasteiger partial charge in [-0.3, -0.25) is 9.10 Å². The molecule has 0 aliphatic carbocycles. The molecule has 1 N–H and O–H groups in total. The van der Waals surface area contributed by atoms with Gasteiger partial charge >= 0.3 is 0 Å². The Morgan fingerprint density at radius 1 is 0.935 bits per heavy atom. The molecule has 0 fully saturated rings. The Labute approximate surface area is 188 Å². The molecule has 0 unspecified atom stereocenters. The van der Waals surface area contributed by atoms with Crippen molar-refractivity contribution in [2.75, 3.05) is 21.9 Å². The van der Waals surface area contributed by atoms with Crippen LogP contribution >= 0.6 is 11.8 Å². The number of para-hydroxylation sites is 1. The Balaban J connectivity index is 1.97. The van der Waals surface area contributed by atoms with E-state index in [2.05, 4.69) is 5.32 Å². The van der Waals surface area contributed by atoms with E-state index in [1.54, 1.807) is 42.1 Å². The zero-order valence-corrected chi connectivity index (χ0v) is 19.5. The highest BCUT2D eigenvalue weighted by Crippen LogP contribution is 2.28. The number of hydrogen-bond acceptors (Lipinski definition) is 4. The molecule has 0 radical (unpaired) electrons. The van der Waals surface area contributed by atoms with Crippen LogP contribution in [0.3, 0.4) is 0 Å². The van der Waals surface area contributed by atoms with Crippen molar-refractivity contribution >= 4 is 39.1 Å². The van der Waals surface area contributed by atoms with Crippen molar-refractivity contribution in [3.8, 4) is 0 Å². The van der Waals surface area contributed by atoms with Gasteiger partial charge in [-0.05, 0) is 67.1 Å². The van der Waals surface area contributed by atoms with Crippen molar-refractivity contribution in [2.24, 2.45) is 0 Å². The summed E-state index contributed by atoms with van der Waals surface area (Å²) in [6, 6.07) is 21.2. The van der Waals surface area contributed by atoms with Gasteiger partial charge in [0.15, 0.2) is 0 Å². The van der Waals surface area contributed by atoms with E-state index in [1.807, 2.05) is 51.1 Å². The van der Waals surface area contributed by atoms with Crippen LogP contribution in [-0.4, -0.2) is 26.6 Å². The molecule has 0 aromatic heterocycles. The molecule has 3 aromatic carbocycles. The summed E-state index contributed by atoms with van der Waals surface area (Å²) in [5.74, 6) is 0.465. The molecule has 0 saturated heterocycles. The number of carbonyl (C=O) groups is 1. The maximum Gasteiger partial charge on any atom is 0.264 e. The minimum atomic E-state index is -3.93. The van der Waals surface area contributed by atoms with E-state index in [-0.39, 0.29) is 11.4 Å². The first-order valence-electron chi connectivity index (χ1n) is 9.99. The molecule has 3 aromatic rings. The lowest BCUT2D eigenvalue weighted by Gasteiger charge is -2.25. The Bertz CT molecular complexity index is 1140. The number of benzene rings is 3. The summed E-state index contributed by atoms with van der Waals surface area (Å²) in [5, 5.41) is 2.88. The lowest BCUT2D eigenvalue weighted by molar-refractivity contribution is -0.114. The highest BCUT2D eigenvalue weighted by Gasteiger charge is 2.27. The number of thioether (sulfide) groups is 1. The summed E-state index contributed by atoms with van der Waals surface area (Å²) in [4.78, 5) is 14.1. The Morgan fingerprint density at radius 3 is 2.19 bits per heavy atom. The van der Waals surface area contributed by atoms with Gasteiger partial charge in [0.1, 0.15) is 6.54 Å². The molecule has 0 bridgehead atoms. The first-order chi connectivity index (χ1) is 14.8. The van der Waals surface area contributed by atoms with E-state index in [0.717, 1.165) is 21.8 Å². The van der Waals surface area contributed by atoms with Gasteiger partial charge in [-0.25, -0.2) is 8.42 Å².